The van der Waals surface area contributed by atoms with E-state index in [1.54, 1.807) is 24.3 Å². The van der Waals surface area contributed by atoms with Gasteiger partial charge in [-0.3, -0.25) is 9.59 Å². The normalized spacial score (nSPS) is 10.3. The van der Waals surface area contributed by atoms with Gasteiger partial charge in [-0.1, -0.05) is 23.7 Å². The lowest BCUT2D eigenvalue weighted by molar-refractivity contribution is -0.120. The molecule has 0 saturated carbocycles. The second kappa shape index (κ2) is 7.29. The first kappa shape index (κ1) is 17.0. The van der Waals surface area contributed by atoms with Crippen molar-refractivity contribution in [2.24, 2.45) is 0 Å². The Balaban J connectivity index is 2.16. The van der Waals surface area contributed by atoms with E-state index in [1.165, 1.54) is 11.8 Å². The number of halogens is 1. The number of carbonyl (C=O) groups excluding carboxylic acids is 2. The molecule has 5 heteroatoms. The second-order valence-corrected chi connectivity index (χ2v) is 5.82. The smallest absolute Gasteiger partial charge is 0.244 e. The predicted molar refractivity (Wildman–Crippen MR) is 94.0 cm³/mol. The summed E-state index contributed by atoms with van der Waals surface area (Å²) in [6.45, 7) is 5.34. The van der Waals surface area contributed by atoms with Crippen LogP contribution in [-0.4, -0.2) is 18.4 Å². The van der Waals surface area contributed by atoms with E-state index in [0.717, 1.165) is 16.8 Å². The molecule has 2 amide bonds. The maximum absolute atomic E-state index is 12.2. The lowest BCUT2D eigenvalue weighted by Crippen LogP contribution is -2.37. The first-order valence-electron chi connectivity index (χ1n) is 7.28. The van der Waals surface area contributed by atoms with Gasteiger partial charge in [0.2, 0.25) is 11.8 Å². The lowest BCUT2D eigenvalue weighted by Gasteiger charge is -2.23. The summed E-state index contributed by atoms with van der Waals surface area (Å²) in [5, 5.41) is 3.37. The van der Waals surface area contributed by atoms with Gasteiger partial charge in [0.1, 0.15) is 6.54 Å². The Morgan fingerprint density at radius 1 is 1.09 bits per heavy atom. The van der Waals surface area contributed by atoms with Crippen LogP contribution in [0.25, 0.3) is 0 Å². The van der Waals surface area contributed by atoms with Crippen LogP contribution in [0.1, 0.15) is 18.1 Å². The SMILES string of the molecule is CC(=O)N(CC(=O)Nc1ccc(Cl)cc1)c1cccc(C)c1C. The van der Waals surface area contributed by atoms with Gasteiger partial charge < -0.3 is 10.2 Å². The summed E-state index contributed by atoms with van der Waals surface area (Å²) < 4.78 is 0. The summed E-state index contributed by atoms with van der Waals surface area (Å²) in [4.78, 5) is 25.7. The third-order valence-corrected chi connectivity index (χ3v) is 3.93. The molecule has 2 rings (SSSR count). The summed E-state index contributed by atoms with van der Waals surface area (Å²) >= 11 is 5.82. The number of benzene rings is 2. The molecule has 0 atom stereocenters. The number of hydrogen-bond donors (Lipinski definition) is 1. The van der Waals surface area contributed by atoms with Crippen molar-refractivity contribution in [1.82, 2.24) is 0 Å². The molecule has 4 nitrogen and oxygen atoms in total. The van der Waals surface area contributed by atoms with E-state index < -0.39 is 0 Å². The van der Waals surface area contributed by atoms with Gasteiger partial charge in [0.25, 0.3) is 0 Å². The number of anilines is 2. The van der Waals surface area contributed by atoms with Gasteiger partial charge in [0.05, 0.1) is 0 Å². The van der Waals surface area contributed by atoms with Crippen molar-refractivity contribution in [3.8, 4) is 0 Å². The Bertz CT molecular complexity index is 726. The van der Waals surface area contributed by atoms with Gasteiger partial charge >= 0.3 is 0 Å². The fraction of sp³-hybridized carbons (Fsp3) is 0.222. The van der Waals surface area contributed by atoms with Crippen LogP contribution in [0.5, 0.6) is 0 Å². The van der Waals surface area contributed by atoms with Crippen LogP contribution >= 0.6 is 11.6 Å². The van der Waals surface area contributed by atoms with Gasteiger partial charge in [-0.05, 0) is 55.3 Å². The highest BCUT2D eigenvalue weighted by molar-refractivity contribution is 6.30. The molecule has 2 aromatic rings. The molecular weight excluding hydrogens is 312 g/mol. The minimum atomic E-state index is -0.261. The van der Waals surface area contributed by atoms with E-state index in [9.17, 15) is 9.59 Å². The molecule has 0 aliphatic carbocycles. The summed E-state index contributed by atoms with van der Waals surface area (Å²) in [7, 11) is 0. The monoisotopic (exact) mass is 330 g/mol. The molecule has 0 unspecified atom stereocenters. The van der Waals surface area contributed by atoms with Crippen LogP contribution in [0.3, 0.4) is 0 Å². The number of amides is 2. The van der Waals surface area contributed by atoms with Crippen LogP contribution in [0.15, 0.2) is 42.5 Å². The van der Waals surface area contributed by atoms with E-state index >= 15 is 0 Å². The minimum Gasteiger partial charge on any atom is -0.325 e. The van der Waals surface area contributed by atoms with Crippen LogP contribution in [0.4, 0.5) is 11.4 Å². The largest absolute Gasteiger partial charge is 0.325 e. The third kappa shape index (κ3) is 4.33. The first-order chi connectivity index (χ1) is 10.9. The zero-order valence-corrected chi connectivity index (χ0v) is 14.1. The Morgan fingerprint density at radius 3 is 2.35 bits per heavy atom. The molecular formula is C18H19ClN2O2. The molecule has 0 spiro atoms. The number of aryl methyl sites for hydroxylation is 1. The van der Waals surface area contributed by atoms with E-state index in [2.05, 4.69) is 5.32 Å². The maximum Gasteiger partial charge on any atom is 0.244 e. The van der Waals surface area contributed by atoms with Crippen molar-refractivity contribution < 1.29 is 9.59 Å². The molecule has 0 heterocycles. The molecule has 120 valence electrons. The standard InChI is InChI=1S/C18H19ClN2O2/c1-12-5-4-6-17(13(12)2)21(14(3)22)11-18(23)20-16-9-7-15(19)8-10-16/h4-10H,11H2,1-3H3,(H,20,23). The summed E-state index contributed by atoms with van der Waals surface area (Å²) in [6, 6.07) is 12.5. The van der Waals surface area contributed by atoms with Crippen LogP contribution in [0, 0.1) is 13.8 Å². The molecule has 2 aromatic carbocycles. The molecule has 0 saturated heterocycles. The molecule has 0 aromatic heterocycles. The number of nitrogens with zero attached hydrogens (tertiary/aromatic N) is 1. The molecule has 1 N–H and O–H groups in total. The highest BCUT2D eigenvalue weighted by atomic mass is 35.5. The fourth-order valence-electron chi connectivity index (χ4n) is 2.27. The highest BCUT2D eigenvalue weighted by Gasteiger charge is 2.18. The van der Waals surface area contributed by atoms with E-state index in [4.69, 9.17) is 11.6 Å². The minimum absolute atomic E-state index is 0.0394. The summed E-state index contributed by atoms with van der Waals surface area (Å²) in [5.74, 6) is -0.437. The Kier molecular flexibility index (Phi) is 5.40. The second-order valence-electron chi connectivity index (χ2n) is 5.38. The number of hydrogen-bond acceptors (Lipinski definition) is 2. The van der Waals surface area contributed by atoms with Crippen molar-refractivity contribution in [2.45, 2.75) is 20.8 Å². The van der Waals surface area contributed by atoms with E-state index in [-0.39, 0.29) is 18.4 Å². The topological polar surface area (TPSA) is 49.4 Å². The van der Waals surface area contributed by atoms with E-state index in [0.29, 0.717) is 10.7 Å². The van der Waals surface area contributed by atoms with Gasteiger partial charge in [0, 0.05) is 23.3 Å². The van der Waals surface area contributed by atoms with Gasteiger partial charge in [-0.25, -0.2) is 0 Å². The van der Waals surface area contributed by atoms with Crippen molar-refractivity contribution >= 4 is 34.8 Å². The average molecular weight is 331 g/mol. The van der Waals surface area contributed by atoms with Gasteiger partial charge in [0.15, 0.2) is 0 Å². The number of nitrogens with one attached hydrogen (secondary N) is 1. The van der Waals surface area contributed by atoms with Crippen LogP contribution < -0.4 is 10.2 Å². The molecule has 0 fully saturated rings. The van der Waals surface area contributed by atoms with Gasteiger partial charge in [-0.15, -0.1) is 0 Å². The number of carbonyl (C=O) groups is 2. The molecule has 0 aliphatic rings. The van der Waals surface area contributed by atoms with Crippen molar-refractivity contribution in [3.63, 3.8) is 0 Å². The Morgan fingerprint density at radius 2 is 1.74 bits per heavy atom. The quantitative estimate of drug-likeness (QED) is 0.922. The lowest BCUT2D eigenvalue weighted by atomic mass is 10.1. The Labute approximate surface area is 141 Å². The maximum atomic E-state index is 12.2. The van der Waals surface area contributed by atoms with Crippen molar-refractivity contribution in [3.05, 3.63) is 58.6 Å². The molecule has 0 aliphatic heterocycles. The average Bonchev–Trinajstić information content (AvgIpc) is 2.50. The molecule has 0 radical (unpaired) electrons. The highest BCUT2D eigenvalue weighted by Crippen LogP contribution is 2.23. The van der Waals surface area contributed by atoms with Crippen LogP contribution in [-0.2, 0) is 9.59 Å². The van der Waals surface area contributed by atoms with Crippen molar-refractivity contribution in [2.75, 3.05) is 16.8 Å². The molecule has 0 bridgehead atoms. The zero-order chi connectivity index (χ0) is 17.0. The van der Waals surface area contributed by atoms with Crippen LogP contribution in [0.2, 0.25) is 5.02 Å². The Hall–Kier alpha value is -2.33. The van der Waals surface area contributed by atoms with E-state index in [1.807, 2.05) is 32.0 Å². The predicted octanol–water partition coefficient (Wildman–Crippen LogP) is 3.95. The number of rotatable bonds is 4. The fourth-order valence-corrected chi connectivity index (χ4v) is 2.40. The van der Waals surface area contributed by atoms with Crippen molar-refractivity contribution in [1.29, 1.82) is 0 Å². The summed E-state index contributed by atoms with van der Waals surface area (Å²) in [5.41, 5.74) is 3.46. The molecule has 23 heavy (non-hydrogen) atoms. The third-order valence-electron chi connectivity index (χ3n) is 3.68. The first-order valence-corrected chi connectivity index (χ1v) is 7.66. The van der Waals surface area contributed by atoms with Gasteiger partial charge in [-0.2, -0.15) is 0 Å². The zero-order valence-electron chi connectivity index (χ0n) is 13.4. The summed E-state index contributed by atoms with van der Waals surface area (Å²) in [6.07, 6.45) is 0.